The van der Waals surface area contributed by atoms with Gasteiger partial charge in [-0.3, -0.25) is 4.90 Å². The molecule has 150 valence electrons. The Balaban J connectivity index is 1.56. The van der Waals surface area contributed by atoms with Crippen LogP contribution in [0.5, 0.6) is 5.75 Å². The van der Waals surface area contributed by atoms with Crippen LogP contribution in [0.2, 0.25) is 0 Å². The fourth-order valence-electron chi connectivity index (χ4n) is 2.93. The van der Waals surface area contributed by atoms with Crippen LogP contribution in [-0.2, 0) is 21.2 Å². The lowest BCUT2D eigenvalue weighted by molar-refractivity contribution is 0.0587. The molecule has 2 aromatic carbocycles. The molecule has 8 heteroatoms. The zero-order chi connectivity index (χ0) is 20.0. The number of benzene rings is 2. The number of carbonyl (C=O) groups excluding carboxylic acids is 1. The van der Waals surface area contributed by atoms with E-state index in [-0.39, 0.29) is 30.2 Å². The van der Waals surface area contributed by atoms with E-state index in [1.54, 1.807) is 17.0 Å². The van der Waals surface area contributed by atoms with E-state index in [1.165, 1.54) is 12.1 Å². The van der Waals surface area contributed by atoms with Crippen molar-refractivity contribution in [2.75, 3.05) is 32.5 Å². The third-order valence-electron chi connectivity index (χ3n) is 4.48. The lowest BCUT2D eigenvalue weighted by atomic mass is 10.2. The number of hydrogen-bond donors (Lipinski definition) is 1. The van der Waals surface area contributed by atoms with Gasteiger partial charge < -0.3 is 14.8 Å². The molecule has 1 saturated heterocycles. The number of sulfone groups is 1. The smallest absolute Gasteiger partial charge is 0.410 e. The third kappa shape index (κ3) is 5.46. The summed E-state index contributed by atoms with van der Waals surface area (Å²) >= 11 is 0. The van der Waals surface area contributed by atoms with Crippen molar-refractivity contribution in [1.82, 2.24) is 10.2 Å². The average molecular weight is 404 g/mol. The highest BCUT2D eigenvalue weighted by Crippen LogP contribution is 2.17. The molecule has 0 aliphatic carbocycles. The first kappa shape index (κ1) is 20.2. The Morgan fingerprint density at radius 1 is 1.14 bits per heavy atom. The molecule has 1 atom stereocenters. The van der Waals surface area contributed by atoms with Crippen LogP contribution in [0, 0.1) is 0 Å². The minimum Gasteiger partial charge on any atom is -0.491 e. The van der Waals surface area contributed by atoms with Crippen molar-refractivity contribution in [3.63, 3.8) is 0 Å². The third-order valence-corrected chi connectivity index (χ3v) is 5.61. The second-order valence-corrected chi connectivity index (χ2v) is 8.66. The van der Waals surface area contributed by atoms with Crippen LogP contribution in [0.1, 0.15) is 5.56 Å². The summed E-state index contributed by atoms with van der Waals surface area (Å²) in [6.07, 6.45) is 0.793. The Labute approximate surface area is 165 Å². The van der Waals surface area contributed by atoms with Gasteiger partial charge in [-0.2, -0.15) is 0 Å². The molecule has 1 unspecified atom stereocenters. The lowest BCUT2D eigenvalue weighted by Gasteiger charge is -2.35. The molecule has 1 fully saturated rings. The fraction of sp³-hybridized carbons (Fsp3) is 0.350. The van der Waals surface area contributed by atoms with Crippen LogP contribution < -0.4 is 10.1 Å². The van der Waals surface area contributed by atoms with Crippen LogP contribution >= 0.6 is 0 Å². The maximum Gasteiger partial charge on any atom is 0.410 e. The molecule has 3 rings (SSSR count). The number of rotatable bonds is 6. The molecule has 1 aliphatic heterocycles. The van der Waals surface area contributed by atoms with Crippen molar-refractivity contribution in [3.8, 4) is 5.75 Å². The molecule has 0 aromatic heterocycles. The van der Waals surface area contributed by atoms with Gasteiger partial charge in [-0.15, -0.1) is 0 Å². The molecular weight excluding hydrogens is 380 g/mol. The van der Waals surface area contributed by atoms with Gasteiger partial charge in [0, 0.05) is 25.9 Å². The van der Waals surface area contributed by atoms with Crippen LogP contribution in [-0.4, -0.2) is 57.9 Å². The van der Waals surface area contributed by atoms with Gasteiger partial charge in [-0.05, 0) is 29.8 Å². The molecule has 0 saturated carbocycles. The van der Waals surface area contributed by atoms with Gasteiger partial charge >= 0.3 is 6.09 Å². The highest BCUT2D eigenvalue weighted by atomic mass is 32.2. The van der Waals surface area contributed by atoms with Gasteiger partial charge in [0.1, 0.15) is 19.0 Å². The van der Waals surface area contributed by atoms with Crippen molar-refractivity contribution in [1.29, 1.82) is 0 Å². The summed E-state index contributed by atoms with van der Waals surface area (Å²) in [5.41, 5.74) is 0.935. The highest BCUT2D eigenvalue weighted by Gasteiger charge is 2.28. The van der Waals surface area contributed by atoms with Crippen LogP contribution in [0.15, 0.2) is 59.5 Å². The van der Waals surface area contributed by atoms with Crippen molar-refractivity contribution < 1.29 is 22.7 Å². The van der Waals surface area contributed by atoms with Gasteiger partial charge in [-0.25, -0.2) is 13.2 Å². The zero-order valence-corrected chi connectivity index (χ0v) is 16.5. The molecule has 0 spiro atoms. The number of carbonyl (C=O) groups is 1. The first-order chi connectivity index (χ1) is 13.4. The highest BCUT2D eigenvalue weighted by molar-refractivity contribution is 7.90. The van der Waals surface area contributed by atoms with E-state index in [9.17, 15) is 13.2 Å². The molecule has 1 N–H and O–H groups in total. The Kier molecular flexibility index (Phi) is 6.53. The Morgan fingerprint density at radius 2 is 1.86 bits per heavy atom. The van der Waals surface area contributed by atoms with Gasteiger partial charge in [0.05, 0.1) is 10.9 Å². The summed E-state index contributed by atoms with van der Waals surface area (Å²) in [4.78, 5) is 14.4. The van der Waals surface area contributed by atoms with E-state index in [1.807, 2.05) is 30.3 Å². The molecule has 1 aliphatic rings. The summed E-state index contributed by atoms with van der Waals surface area (Å²) in [6, 6.07) is 15.6. The topological polar surface area (TPSA) is 84.9 Å². The number of nitrogens with zero attached hydrogens (tertiary/aromatic N) is 1. The number of hydrogen-bond acceptors (Lipinski definition) is 6. The molecule has 0 radical (unpaired) electrons. The van der Waals surface area contributed by atoms with E-state index in [4.69, 9.17) is 9.47 Å². The lowest BCUT2D eigenvalue weighted by Crippen LogP contribution is -2.56. The van der Waals surface area contributed by atoms with E-state index in [0.717, 1.165) is 11.8 Å². The second-order valence-electron chi connectivity index (χ2n) is 6.65. The summed E-state index contributed by atoms with van der Waals surface area (Å²) < 4.78 is 34.3. The Morgan fingerprint density at radius 3 is 2.54 bits per heavy atom. The minimum atomic E-state index is -3.24. The standard InChI is InChI=1S/C20H24N2O5S/c1-28(24,25)19-9-7-18(8-10-19)26-15-17-13-21-11-12-22(17)20(23)27-14-16-5-3-2-4-6-16/h2-10,17,21H,11-15H2,1H3. The molecule has 0 bridgehead atoms. The summed E-state index contributed by atoms with van der Waals surface area (Å²) in [6.45, 7) is 2.34. The molecule has 1 amide bonds. The van der Waals surface area contributed by atoms with Crippen LogP contribution in [0.25, 0.3) is 0 Å². The Bertz CT molecular complexity index is 885. The number of ether oxygens (including phenoxy) is 2. The maximum absolute atomic E-state index is 12.5. The predicted molar refractivity (Wildman–Crippen MR) is 105 cm³/mol. The van der Waals surface area contributed by atoms with E-state index < -0.39 is 9.84 Å². The maximum atomic E-state index is 12.5. The minimum absolute atomic E-state index is 0.174. The van der Waals surface area contributed by atoms with Crippen LogP contribution in [0.3, 0.4) is 0 Å². The summed E-state index contributed by atoms with van der Waals surface area (Å²) in [7, 11) is -3.24. The molecule has 7 nitrogen and oxygen atoms in total. The first-order valence-electron chi connectivity index (χ1n) is 9.04. The molecule has 2 aromatic rings. The quantitative estimate of drug-likeness (QED) is 0.794. The zero-order valence-electron chi connectivity index (χ0n) is 15.7. The van der Waals surface area contributed by atoms with Gasteiger partial charge in [-0.1, -0.05) is 30.3 Å². The van der Waals surface area contributed by atoms with Gasteiger partial charge in [0.2, 0.25) is 0 Å². The molecular formula is C20H24N2O5S. The van der Waals surface area contributed by atoms with Crippen molar-refractivity contribution >= 4 is 15.9 Å². The SMILES string of the molecule is CS(=O)(=O)c1ccc(OCC2CNCCN2C(=O)OCc2ccccc2)cc1. The van der Waals surface area contributed by atoms with Crippen molar-refractivity contribution in [2.24, 2.45) is 0 Å². The molecule has 28 heavy (non-hydrogen) atoms. The first-order valence-corrected chi connectivity index (χ1v) is 10.9. The van der Waals surface area contributed by atoms with E-state index in [0.29, 0.717) is 25.4 Å². The molecule has 1 heterocycles. The summed E-state index contributed by atoms with van der Waals surface area (Å²) in [5.74, 6) is 0.551. The second kappa shape index (κ2) is 9.07. The summed E-state index contributed by atoms with van der Waals surface area (Å²) in [5, 5.41) is 3.25. The number of amides is 1. The monoisotopic (exact) mass is 404 g/mol. The number of piperazine rings is 1. The van der Waals surface area contributed by atoms with Crippen LogP contribution in [0.4, 0.5) is 4.79 Å². The Hall–Kier alpha value is -2.58. The fourth-order valence-corrected chi connectivity index (χ4v) is 3.56. The number of nitrogens with one attached hydrogen (secondary N) is 1. The van der Waals surface area contributed by atoms with Crippen molar-refractivity contribution in [2.45, 2.75) is 17.5 Å². The van der Waals surface area contributed by atoms with Gasteiger partial charge in [0.15, 0.2) is 9.84 Å². The van der Waals surface area contributed by atoms with Gasteiger partial charge in [0.25, 0.3) is 0 Å². The normalized spacial score (nSPS) is 17.2. The van der Waals surface area contributed by atoms with E-state index >= 15 is 0 Å². The average Bonchev–Trinajstić information content (AvgIpc) is 2.71. The largest absolute Gasteiger partial charge is 0.491 e. The predicted octanol–water partition coefficient (Wildman–Crippen LogP) is 2.08. The van der Waals surface area contributed by atoms with E-state index in [2.05, 4.69) is 5.32 Å². The van der Waals surface area contributed by atoms with Crippen molar-refractivity contribution in [3.05, 3.63) is 60.2 Å².